The van der Waals surface area contributed by atoms with Crippen molar-refractivity contribution in [3.8, 4) is 17.2 Å². The minimum absolute atomic E-state index is 0.0561. The molecule has 0 saturated heterocycles. The highest BCUT2D eigenvalue weighted by atomic mass is 19.1. The fraction of sp³-hybridized carbons (Fsp3) is 0.167. The van der Waals surface area contributed by atoms with Gasteiger partial charge in [-0.1, -0.05) is 0 Å². The molecule has 0 aliphatic heterocycles. The Balaban J connectivity index is 1.85. The van der Waals surface area contributed by atoms with Crippen molar-refractivity contribution in [2.75, 3.05) is 32.0 Å². The zero-order valence-electron chi connectivity index (χ0n) is 15.3. The molecule has 2 N–H and O–H groups in total. The average molecular weight is 389 g/mol. The standard InChI is InChI=1S/C18H17F2N5O3/c1-26-14-7-11(8-15(27-2)17(14)28-3)22-18-24-16(9-21-25-18)23-13-5-4-10(19)6-12(13)20/h4-9H,1-3H3,(H2,22,23,24,25). The Kier molecular flexibility index (Phi) is 5.68. The van der Waals surface area contributed by atoms with E-state index in [1.165, 1.54) is 33.6 Å². The summed E-state index contributed by atoms with van der Waals surface area (Å²) >= 11 is 0. The number of methoxy groups -OCH3 is 3. The summed E-state index contributed by atoms with van der Waals surface area (Å²) in [6.45, 7) is 0. The van der Waals surface area contributed by atoms with Crippen LogP contribution in [-0.2, 0) is 0 Å². The largest absolute Gasteiger partial charge is 0.493 e. The Morgan fingerprint density at radius 2 is 1.61 bits per heavy atom. The lowest BCUT2D eigenvalue weighted by atomic mass is 10.2. The highest BCUT2D eigenvalue weighted by molar-refractivity contribution is 5.66. The van der Waals surface area contributed by atoms with Gasteiger partial charge in [0.25, 0.3) is 0 Å². The van der Waals surface area contributed by atoms with E-state index in [0.29, 0.717) is 22.9 Å². The molecule has 0 fully saturated rings. The van der Waals surface area contributed by atoms with Crippen LogP contribution in [0.25, 0.3) is 0 Å². The normalized spacial score (nSPS) is 10.3. The smallest absolute Gasteiger partial charge is 0.249 e. The number of rotatable bonds is 7. The molecule has 0 aliphatic rings. The summed E-state index contributed by atoms with van der Waals surface area (Å²) in [4.78, 5) is 4.21. The Morgan fingerprint density at radius 3 is 2.21 bits per heavy atom. The number of halogens is 2. The maximum Gasteiger partial charge on any atom is 0.249 e. The second-order valence-corrected chi connectivity index (χ2v) is 5.45. The summed E-state index contributed by atoms with van der Waals surface area (Å²) in [5, 5.41) is 13.4. The van der Waals surface area contributed by atoms with Crippen LogP contribution in [-0.4, -0.2) is 36.5 Å². The van der Waals surface area contributed by atoms with Crippen molar-refractivity contribution in [2.24, 2.45) is 0 Å². The number of nitrogens with one attached hydrogen (secondary N) is 2. The molecule has 0 atom stereocenters. The minimum Gasteiger partial charge on any atom is -0.493 e. The van der Waals surface area contributed by atoms with E-state index in [0.717, 1.165) is 12.1 Å². The van der Waals surface area contributed by atoms with Crippen LogP contribution < -0.4 is 24.8 Å². The van der Waals surface area contributed by atoms with Crippen LogP contribution in [0.4, 0.5) is 31.9 Å². The fourth-order valence-corrected chi connectivity index (χ4v) is 2.43. The number of ether oxygens (including phenoxy) is 3. The van der Waals surface area contributed by atoms with Crippen molar-refractivity contribution in [3.05, 3.63) is 48.2 Å². The minimum atomic E-state index is -0.752. The van der Waals surface area contributed by atoms with Gasteiger partial charge >= 0.3 is 0 Å². The summed E-state index contributed by atoms with van der Waals surface area (Å²) in [6, 6.07) is 6.51. The molecule has 0 amide bonds. The molecule has 146 valence electrons. The monoisotopic (exact) mass is 389 g/mol. The first kappa shape index (κ1) is 19.1. The molecule has 3 rings (SSSR count). The summed E-state index contributed by atoms with van der Waals surface area (Å²) in [7, 11) is 4.51. The third-order valence-corrected chi connectivity index (χ3v) is 3.67. The highest BCUT2D eigenvalue weighted by Gasteiger charge is 2.14. The van der Waals surface area contributed by atoms with Crippen molar-refractivity contribution in [3.63, 3.8) is 0 Å². The van der Waals surface area contributed by atoms with Crippen molar-refractivity contribution in [1.82, 2.24) is 15.2 Å². The molecular formula is C18H17F2N5O3. The van der Waals surface area contributed by atoms with Crippen LogP contribution in [0.15, 0.2) is 36.5 Å². The fourth-order valence-electron chi connectivity index (χ4n) is 2.43. The molecule has 1 aromatic heterocycles. The van der Waals surface area contributed by atoms with Gasteiger partial charge in [0.15, 0.2) is 17.3 Å². The molecule has 0 unspecified atom stereocenters. The van der Waals surface area contributed by atoms with Crippen LogP contribution in [0.5, 0.6) is 17.2 Å². The van der Waals surface area contributed by atoms with E-state index in [1.54, 1.807) is 12.1 Å². The van der Waals surface area contributed by atoms with E-state index in [-0.39, 0.29) is 17.5 Å². The quantitative estimate of drug-likeness (QED) is 0.633. The Bertz CT molecular complexity index is 962. The summed E-state index contributed by atoms with van der Waals surface area (Å²) in [6.07, 6.45) is 1.31. The average Bonchev–Trinajstić information content (AvgIpc) is 2.69. The second-order valence-electron chi connectivity index (χ2n) is 5.45. The van der Waals surface area contributed by atoms with E-state index in [1.807, 2.05) is 0 Å². The predicted molar refractivity (Wildman–Crippen MR) is 98.8 cm³/mol. The first-order valence-electron chi connectivity index (χ1n) is 8.03. The zero-order chi connectivity index (χ0) is 20.1. The molecule has 1 heterocycles. The number of hydrogen-bond acceptors (Lipinski definition) is 8. The molecule has 10 heteroatoms. The van der Waals surface area contributed by atoms with Crippen molar-refractivity contribution < 1.29 is 23.0 Å². The lowest BCUT2D eigenvalue weighted by Crippen LogP contribution is -2.04. The third-order valence-electron chi connectivity index (χ3n) is 3.67. The molecule has 0 spiro atoms. The topological polar surface area (TPSA) is 90.4 Å². The van der Waals surface area contributed by atoms with E-state index >= 15 is 0 Å². The summed E-state index contributed by atoms with van der Waals surface area (Å²) in [5.41, 5.74) is 0.613. The highest BCUT2D eigenvalue weighted by Crippen LogP contribution is 2.40. The van der Waals surface area contributed by atoms with Crippen molar-refractivity contribution in [1.29, 1.82) is 0 Å². The summed E-state index contributed by atoms with van der Waals surface area (Å²) < 4.78 is 42.7. The lowest BCUT2D eigenvalue weighted by Gasteiger charge is -2.14. The molecule has 0 radical (unpaired) electrons. The number of aromatic nitrogens is 3. The van der Waals surface area contributed by atoms with Gasteiger partial charge < -0.3 is 24.8 Å². The van der Waals surface area contributed by atoms with E-state index in [9.17, 15) is 8.78 Å². The summed E-state index contributed by atoms with van der Waals surface area (Å²) in [5.74, 6) is 0.264. The molecule has 8 nitrogen and oxygen atoms in total. The Labute approximate surface area is 159 Å². The molecule has 0 bridgehead atoms. The van der Waals surface area contributed by atoms with Gasteiger partial charge in [0.1, 0.15) is 11.6 Å². The van der Waals surface area contributed by atoms with Crippen LogP contribution in [0, 0.1) is 11.6 Å². The Hall–Kier alpha value is -3.69. The molecule has 0 aliphatic carbocycles. The van der Waals surface area contributed by atoms with Gasteiger partial charge in [0, 0.05) is 23.9 Å². The van der Waals surface area contributed by atoms with Crippen LogP contribution in [0.3, 0.4) is 0 Å². The molecule has 28 heavy (non-hydrogen) atoms. The van der Waals surface area contributed by atoms with Gasteiger partial charge in [-0.25, -0.2) is 8.78 Å². The van der Waals surface area contributed by atoms with Gasteiger partial charge in [0.05, 0.1) is 33.2 Å². The van der Waals surface area contributed by atoms with Crippen LogP contribution >= 0.6 is 0 Å². The van der Waals surface area contributed by atoms with Gasteiger partial charge in [0.2, 0.25) is 11.7 Å². The van der Waals surface area contributed by atoms with Gasteiger partial charge in [-0.3, -0.25) is 0 Å². The first-order chi connectivity index (χ1) is 13.5. The van der Waals surface area contributed by atoms with Crippen molar-refractivity contribution in [2.45, 2.75) is 0 Å². The third kappa shape index (κ3) is 4.17. The Morgan fingerprint density at radius 1 is 0.893 bits per heavy atom. The van der Waals surface area contributed by atoms with Gasteiger partial charge in [-0.05, 0) is 12.1 Å². The SMILES string of the molecule is COc1cc(Nc2nncc(Nc3ccc(F)cc3F)n2)cc(OC)c1OC. The van der Waals surface area contributed by atoms with E-state index < -0.39 is 11.6 Å². The maximum atomic E-state index is 13.8. The molecule has 0 saturated carbocycles. The molecular weight excluding hydrogens is 372 g/mol. The zero-order valence-corrected chi connectivity index (χ0v) is 15.3. The number of benzene rings is 2. The van der Waals surface area contributed by atoms with Gasteiger partial charge in [-0.2, -0.15) is 10.1 Å². The van der Waals surface area contributed by atoms with Crippen LogP contribution in [0.2, 0.25) is 0 Å². The predicted octanol–water partition coefficient (Wildman–Crippen LogP) is 3.66. The number of anilines is 4. The van der Waals surface area contributed by atoms with E-state index in [4.69, 9.17) is 14.2 Å². The van der Waals surface area contributed by atoms with Gasteiger partial charge in [-0.15, -0.1) is 5.10 Å². The lowest BCUT2D eigenvalue weighted by molar-refractivity contribution is 0.324. The van der Waals surface area contributed by atoms with Crippen molar-refractivity contribution >= 4 is 23.1 Å². The van der Waals surface area contributed by atoms with Crippen LogP contribution in [0.1, 0.15) is 0 Å². The molecule has 2 aromatic carbocycles. The second kappa shape index (κ2) is 8.33. The number of hydrogen-bond donors (Lipinski definition) is 2. The first-order valence-corrected chi connectivity index (χ1v) is 8.03. The number of nitrogens with zero attached hydrogens (tertiary/aromatic N) is 3. The molecule has 3 aromatic rings. The van der Waals surface area contributed by atoms with E-state index in [2.05, 4.69) is 25.8 Å². The maximum absolute atomic E-state index is 13.8.